The summed E-state index contributed by atoms with van der Waals surface area (Å²) < 4.78 is 25.5. The van der Waals surface area contributed by atoms with Crippen molar-refractivity contribution in [1.29, 1.82) is 0 Å². The van der Waals surface area contributed by atoms with E-state index in [-0.39, 0.29) is 36.6 Å². The lowest BCUT2D eigenvalue weighted by atomic mass is 10.3. The average molecular weight is 498 g/mol. The first kappa shape index (κ1) is 23.4. The summed E-state index contributed by atoms with van der Waals surface area (Å²) in [5, 5.41) is 2.30. The molecule has 1 heterocycles. The van der Waals surface area contributed by atoms with Gasteiger partial charge in [0.2, 0.25) is 10.0 Å². The minimum absolute atomic E-state index is 0.0260. The summed E-state index contributed by atoms with van der Waals surface area (Å²) in [6.45, 7) is 0. The Balaban J connectivity index is 2.07. The average Bonchev–Trinajstić information content (AvgIpc) is 2.67. The number of pyridine rings is 1. The fourth-order valence-electron chi connectivity index (χ4n) is 1.96. The number of sulfonamides is 1. The van der Waals surface area contributed by atoms with Crippen molar-refractivity contribution >= 4 is 79.4 Å². The zero-order valence-corrected chi connectivity index (χ0v) is 18.9. The van der Waals surface area contributed by atoms with Crippen molar-refractivity contribution < 1.29 is 13.2 Å². The van der Waals surface area contributed by atoms with E-state index < -0.39 is 15.9 Å². The second-order valence-electron chi connectivity index (χ2n) is 5.64. The molecule has 1 amide bonds. The largest absolute Gasteiger partial charge is 0.396 e. The van der Waals surface area contributed by atoms with Crippen molar-refractivity contribution in [2.24, 2.45) is 0 Å². The van der Waals surface area contributed by atoms with Crippen molar-refractivity contribution in [2.75, 3.05) is 25.1 Å². The molecule has 14 heteroatoms. The molecule has 0 spiro atoms. The van der Waals surface area contributed by atoms with Gasteiger partial charge in [-0.1, -0.05) is 40.9 Å². The van der Waals surface area contributed by atoms with Crippen molar-refractivity contribution in [1.82, 2.24) is 20.1 Å². The molecule has 0 radical (unpaired) electrons. The highest BCUT2D eigenvalue weighted by molar-refractivity contribution is 7.89. The van der Waals surface area contributed by atoms with Crippen LogP contribution in [0.25, 0.3) is 0 Å². The number of amides is 1. The smallest absolute Gasteiger partial charge is 0.289 e. The number of benzene rings is 1. The number of hydrazine groups is 1. The van der Waals surface area contributed by atoms with E-state index in [1.54, 1.807) is 12.1 Å². The zero-order chi connectivity index (χ0) is 21.9. The van der Waals surface area contributed by atoms with Crippen LogP contribution in [0.1, 0.15) is 10.5 Å². The van der Waals surface area contributed by atoms with Gasteiger partial charge in [0, 0.05) is 19.8 Å². The van der Waals surface area contributed by atoms with Gasteiger partial charge in [-0.2, -0.15) is 0 Å². The Morgan fingerprint density at radius 1 is 1.17 bits per heavy atom. The quantitative estimate of drug-likeness (QED) is 0.288. The summed E-state index contributed by atoms with van der Waals surface area (Å²) in [4.78, 5) is 16.1. The molecule has 0 aliphatic carbocycles. The Hall–Kier alpha value is -1.89. The number of nitrogens with two attached hydrogens (primary N) is 1. The second kappa shape index (κ2) is 9.28. The van der Waals surface area contributed by atoms with Crippen LogP contribution in [-0.4, -0.2) is 42.8 Å². The maximum Gasteiger partial charge on any atom is 0.289 e. The van der Waals surface area contributed by atoms with E-state index in [1.165, 1.54) is 26.2 Å². The maximum atomic E-state index is 12.2. The fourth-order valence-corrected chi connectivity index (χ4v) is 3.67. The van der Waals surface area contributed by atoms with E-state index in [2.05, 4.69) is 21.2 Å². The van der Waals surface area contributed by atoms with E-state index in [9.17, 15) is 13.2 Å². The topological polar surface area (TPSA) is 129 Å². The highest BCUT2D eigenvalue weighted by Crippen LogP contribution is 2.34. The third-order valence-corrected chi connectivity index (χ3v) is 6.60. The van der Waals surface area contributed by atoms with Crippen LogP contribution in [0.4, 0.5) is 11.4 Å². The lowest BCUT2D eigenvalue weighted by Gasteiger charge is -2.15. The standard InChI is InChI=1S/C15H15Cl3N6O3S2/c1-24(2)29(26,27)8-5-3-4-7(6-8)20-15(28)23-22-14(25)12-9(16)11(19)10(17)13(18)21-12/h3-6H,1-2H3,(H2,19,21)(H,22,25)(H2,20,23,28). The molecule has 0 aliphatic heterocycles. The fraction of sp³-hybridized carbons (Fsp3) is 0.133. The molecule has 29 heavy (non-hydrogen) atoms. The predicted molar refractivity (Wildman–Crippen MR) is 118 cm³/mol. The Morgan fingerprint density at radius 3 is 2.45 bits per heavy atom. The number of carbonyl (C=O) groups excluding carboxylic acids is 1. The number of nitrogen functional groups attached to an aromatic ring is 1. The predicted octanol–water partition coefficient (Wildman–Crippen LogP) is 2.51. The summed E-state index contributed by atoms with van der Waals surface area (Å²) in [6, 6.07) is 5.98. The Kier molecular flexibility index (Phi) is 7.49. The molecule has 1 aromatic heterocycles. The summed E-state index contributed by atoms with van der Waals surface area (Å²) >= 11 is 22.7. The number of nitrogens with one attached hydrogen (secondary N) is 3. The molecule has 0 saturated heterocycles. The van der Waals surface area contributed by atoms with Gasteiger partial charge in [0.15, 0.2) is 16.0 Å². The molecule has 156 valence electrons. The van der Waals surface area contributed by atoms with Crippen LogP contribution in [0.15, 0.2) is 29.2 Å². The SMILES string of the molecule is CN(C)S(=O)(=O)c1cccc(NC(=S)NNC(=O)c2nc(Cl)c(Cl)c(N)c2Cl)c1. The number of nitrogens with zero attached hydrogens (tertiary/aromatic N) is 2. The van der Waals surface area contributed by atoms with Crippen LogP contribution in [0.5, 0.6) is 0 Å². The van der Waals surface area contributed by atoms with Crippen LogP contribution >= 0.6 is 47.0 Å². The minimum atomic E-state index is -3.61. The summed E-state index contributed by atoms with van der Waals surface area (Å²) in [5.74, 6) is -0.770. The van der Waals surface area contributed by atoms with Gasteiger partial charge in [0.25, 0.3) is 5.91 Å². The Morgan fingerprint density at radius 2 is 1.83 bits per heavy atom. The third kappa shape index (κ3) is 5.38. The van der Waals surface area contributed by atoms with Crippen LogP contribution in [-0.2, 0) is 10.0 Å². The molecular formula is C15H15Cl3N6O3S2. The number of carbonyl (C=O) groups is 1. The van der Waals surface area contributed by atoms with Crippen LogP contribution in [0, 0.1) is 0 Å². The highest BCUT2D eigenvalue weighted by Gasteiger charge is 2.20. The molecule has 0 aliphatic rings. The number of aromatic nitrogens is 1. The third-order valence-electron chi connectivity index (χ3n) is 3.45. The summed E-state index contributed by atoms with van der Waals surface area (Å²) in [5.41, 5.74) is 10.4. The van der Waals surface area contributed by atoms with Crippen LogP contribution in [0.3, 0.4) is 0 Å². The maximum absolute atomic E-state index is 12.2. The van der Waals surface area contributed by atoms with Crippen molar-refractivity contribution in [3.8, 4) is 0 Å². The molecule has 1 aromatic carbocycles. The normalized spacial score (nSPS) is 11.2. The van der Waals surface area contributed by atoms with Gasteiger partial charge in [0.1, 0.15) is 5.02 Å². The number of hydrogen-bond acceptors (Lipinski definition) is 6. The highest BCUT2D eigenvalue weighted by atomic mass is 35.5. The zero-order valence-electron chi connectivity index (χ0n) is 15.0. The lowest BCUT2D eigenvalue weighted by Crippen LogP contribution is -2.44. The molecule has 2 aromatic rings. The van der Waals surface area contributed by atoms with Gasteiger partial charge < -0.3 is 11.1 Å². The molecule has 0 saturated carbocycles. The van der Waals surface area contributed by atoms with Gasteiger partial charge in [-0.3, -0.25) is 15.6 Å². The number of hydrogen-bond donors (Lipinski definition) is 4. The van der Waals surface area contributed by atoms with Gasteiger partial charge in [-0.15, -0.1) is 0 Å². The molecular weight excluding hydrogens is 483 g/mol. The Bertz CT molecular complexity index is 1080. The molecule has 0 fully saturated rings. The van der Waals surface area contributed by atoms with Gasteiger partial charge in [-0.05, 0) is 30.4 Å². The van der Waals surface area contributed by atoms with E-state index in [1.807, 2.05) is 0 Å². The number of rotatable bonds is 4. The minimum Gasteiger partial charge on any atom is -0.396 e. The molecule has 2 rings (SSSR count). The van der Waals surface area contributed by atoms with E-state index >= 15 is 0 Å². The van der Waals surface area contributed by atoms with E-state index in [4.69, 9.17) is 52.8 Å². The second-order valence-corrected chi connectivity index (χ2v) is 9.32. The first-order valence-electron chi connectivity index (χ1n) is 7.65. The van der Waals surface area contributed by atoms with Gasteiger partial charge >= 0.3 is 0 Å². The molecule has 9 nitrogen and oxygen atoms in total. The Labute approximate surface area is 187 Å². The molecule has 5 N–H and O–H groups in total. The van der Waals surface area contributed by atoms with Crippen LogP contribution in [0.2, 0.25) is 15.2 Å². The summed E-state index contributed by atoms with van der Waals surface area (Å²) in [6.07, 6.45) is 0. The van der Waals surface area contributed by atoms with E-state index in [0.717, 1.165) is 4.31 Å². The van der Waals surface area contributed by atoms with E-state index in [0.29, 0.717) is 5.69 Å². The number of thiocarbonyl (C=S) groups is 1. The summed E-state index contributed by atoms with van der Waals surface area (Å²) in [7, 11) is -0.766. The lowest BCUT2D eigenvalue weighted by molar-refractivity contribution is 0.0939. The van der Waals surface area contributed by atoms with Crippen LogP contribution < -0.4 is 21.9 Å². The van der Waals surface area contributed by atoms with Crippen molar-refractivity contribution in [2.45, 2.75) is 4.90 Å². The molecule has 0 unspecified atom stereocenters. The molecule has 0 bridgehead atoms. The van der Waals surface area contributed by atoms with Gasteiger partial charge in [-0.25, -0.2) is 17.7 Å². The first-order chi connectivity index (χ1) is 13.4. The van der Waals surface area contributed by atoms with Crippen molar-refractivity contribution in [3.05, 3.63) is 45.2 Å². The number of anilines is 2. The number of halogens is 3. The van der Waals surface area contributed by atoms with Gasteiger partial charge in [0.05, 0.1) is 15.6 Å². The first-order valence-corrected chi connectivity index (χ1v) is 10.6. The van der Waals surface area contributed by atoms with Crippen molar-refractivity contribution in [3.63, 3.8) is 0 Å². The molecule has 0 atom stereocenters. The monoisotopic (exact) mass is 496 g/mol.